The summed E-state index contributed by atoms with van der Waals surface area (Å²) in [5, 5.41) is 0. The number of nitrogens with one attached hydrogen (secondary N) is 1. The van der Waals surface area contributed by atoms with Gasteiger partial charge in [0.15, 0.2) is 0 Å². The maximum absolute atomic E-state index is 12.3. The SMILES string of the molecule is Cc1cc(N)cc(C)c1S(=O)(=O)NCC1CC1C. The predicted molar refractivity (Wildman–Crippen MR) is 72.8 cm³/mol. The first kappa shape index (κ1) is 13.4. The molecule has 18 heavy (non-hydrogen) atoms. The number of nitrogen functional groups attached to an aromatic ring is 1. The molecule has 0 aliphatic heterocycles. The van der Waals surface area contributed by atoms with Gasteiger partial charge < -0.3 is 5.73 Å². The zero-order chi connectivity index (χ0) is 13.5. The third kappa shape index (κ3) is 2.67. The van der Waals surface area contributed by atoms with E-state index in [0.717, 1.165) is 6.42 Å². The van der Waals surface area contributed by atoms with Crippen LogP contribution in [0.1, 0.15) is 24.5 Å². The number of anilines is 1. The average Bonchev–Trinajstić information content (AvgIpc) is 2.89. The van der Waals surface area contributed by atoms with Gasteiger partial charge in [-0.15, -0.1) is 0 Å². The second-order valence-corrected chi connectivity index (χ2v) is 7.01. The van der Waals surface area contributed by atoms with Crippen molar-refractivity contribution in [3.05, 3.63) is 23.3 Å². The number of sulfonamides is 1. The molecule has 0 spiro atoms. The third-order valence-corrected chi connectivity index (χ3v) is 5.29. The average molecular weight is 268 g/mol. The summed E-state index contributed by atoms with van der Waals surface area (Å²) in [6, 6.07) is 3.39. The fraction of sp³-hybridized carbons (Fsp3) is 0.538. The predicted octanol–water partition coefficient (Wildman–Crippen LogP) is 1.82. The monoisotopic (exact) mass is 268 g/mol. The highest BCUT2D eigenvalue weighted by atomic mass is 32.2. The smallest absolute Gasteiger partial charge is 0.241 e. The van der Waals surface area contributed by atoms with Crippen LogP contribution in [0.15, 0.2) is 17.0 Å². The Bertz CT molecular complexity index is 543. The lowest BCUT2D eigenvalue weighted by molar-refractivity contribution is 0.573. The zero-order valence-corrected chi connectivity index (χ0v) is 11.8. The number of hydrogen-bond acceptors (Lipinski definition) is 3. The van der Waals surface area contributed by atoms with E-state index in [-0.39, 0.29) is 0 Å². The van der Waals surface area contributed by atoms with E-state index in [4.69, 9.17) is 5.73 Å². The van der Waals surface area contributed by atoms with Gasteiger partial charge in [-0.3, -0.25) is 0 Å². The minimum absolute atomic E-state index is 0.366. The van der Waals surface area contributed by atoms with Gasteiger partial charge >= 0.3 is 0 Å². The first-order chi connectivity index (χ1) is 8.31. The van der Waals surface area contributed by atoms with Gasteiger partial charge in [0.1, 0.15) is 0 Å². The highest BCUT2D eigenvalue weighted by Gasteiger charge is 2.33. The first-order valence-electron chi connectivity index (χ1n) is 6.17. The van der Waals surface area contributed by atoms with Crippen LogP contribution in [0.4, 0.5) is 5.69 Å². The van der Waals surface area contributed by atoms with Crippen molar-refractivity contribution >= 4 is 15.7 Å². The molecular formula is C13H20N2O2S. The van der Waals surface area contributed by atoms with Crippen molar-refractivity contribution in [2.75, 3.05) is 12.3 Å². The molecule has 0 bridgehead atoms. The molecule has 4 nitrogen and oxygen atoms in total. The number of nitrogens with two attached hydrogens (primary N) is 1. The van der Waals surface area contributed by atoms with Crippen LogP contribution in [0.2, 0.25) is 0 Å². The summed E-state index contributed by atoms with van der Waals surface area (Å²) >= 11 is 0. The lowest BCUT2D eigenvalue weighted by atomic mass is 10.1. The molecule has 5 heteroatoms. The Labute approximate surface area is 109 Å². The number of hydrogen-bond donors (Lipinski definition) is 2. The summed E-state index contributed by atoms with van der Waals surface area (Å²) < 4.78 is 27.2. The molecule has 2 atom stereocenters. The van der Waals surface area contributed by atoms with E-state index < -0.39 is 10.0 Å². The van der Waals surface area contributed by atoms with Gasteiger partial charge in [0, 0.05) is 12.2 Å². The molecule has 2 rings (SSSR count). The second-order valence-electron chi connectivity index (χ2n) is 5.31. The van der Waals surface area contributed by atoms with E-state index >= 15 is 0 Å². The van der Waals surface area contributed by atoms with Crippen molar-refractivity contribution in [2.45, 2.75) is 32.1 Å². The Balaban J connectivity index is 2.24. The maximum Gasteiger partial charge on any atom is 0.241 e. The molecule has 100 valence electrons. The molecule has 2 unspecified atom stereocenters. The highest BCUT2D eigenvalue weighted by Crippen LogP contribution is 2.37. The largest absolute Gasteiger partial charge is 0.399 e. The van der Waals surface area contributed by atoms with Gasteiger partial charge in [0.05, 0.1) is 4.90 Å². The number of rotatable bonds is 4. The normalized spacial score (nSPS) is 23.1. The number of benzene rings is 1. The van der Waals surface area contributed by atoms with Crippen molar-refractivity contribution in [1.29, 1.82) is 0 Å². The molecule has 1 saturated carbocycles. The topological polar surface area (TPSA) is 72.2 Å². The maximum atomic E-state index is 12.3. The summed E-state index contributed by atoms with van der Waals surface area (Å²) in [5.41, 5.74) is 7.70. The lowest BCUT2D eigenvalue weighted by Gasteiger charge is -2.12. The van der Waals surface area contributed by atoms with Crippen LogP contribution in [0.25, 0.3) is 0 Å². The van der Waals surface area contributed by atoms with Crippen LogP contribution >= 0.6 is 0 Å². The van der Waals surface area contributed by atoms with Crippen LogP contribution < -0.4 is 10.5 Å². The minimum Gasteiger partial charge on any atom is -0.399 e. The van der Waals surface area contributed by atoms with Crippen LogP contribution in [-0.4, -0.2) is 15.0 Å². The van der Waals surface area contributed by atoms with E-state index in [2.05, 4.69) is 11.6 Å². The summed E-state index contributed by atoms with van der Waals surface area (Å²) in [6.07, 6.45) is 1.11. The summed E-state index contributed by atoms with van der Waals surface area (Å²) in [6.45, 7) is 6.22. The molecule has 3 N–H and O–H groups in total. The van der Waals surface area contributed by atoms with Crippen molar-refractivity contribution in [3.63, 3.8) is 0 Å². The summed E-state index contributed by atoms with van der Waals surface area (Å²) in [5.74, 6) is 1.13. The van der Waals surface area contributed by atoms with Gasteiger partial charge in [-0.25, -0.2) is 13.1 Å². The molecular weight excluding hydrogens is 248 g/mol. The van der Waals surface area contributed by atoms with Crippen LogP contribution in [-0.2, 0) is 10.0 Å². The minimum atomic E-state index is -3.42. The van der Waals surface area contributed by atoms with Crippen LogP contribution in [0.5, 0.6) is 0 Å². The molecule has 0 radical (unpaired) electrons. The molecule has 1 aromatic carbocycles. The molecule has 0 amide bonds. The summed E-state index contributed by atoms with van der Waals surface area (Å²) in [4.78, 5) is 0.366. The van der Waals surface area contributed by atoms with E-state index in [0.29, 0.717) is 40.1 Å². The Morgan fingerprint density at radius 2 is 1.83 bits per heavy atom. The van der Waals surface area contributed by atoms with E-state index in [1.54, 1.807) is 26.0 Å². The van der Waals surface area contributed by atoms with Crippen LogP contribution in [0, 0.1) is 25.7 Å². The molecule has 0 heterocycles. The summed E-state index contributed by atoms with van der Waals surface area (Å²) in [7, 11) is -3.42. The first-order valence-corrected chi connectivity index (χ1v) is 7.66. The molecule has 0 saturated heterocycles. The lowest BCUT2D eigenvalue weighted by Crippen LogP contribution is -2.27. The zero-order valence-electron chi connectivity index (χ0n) is 11.0. The standard InChI is InChI=1S/C13H20N2O2S/c1-8-4-11(8)7-15-18(16,17)13-9(2)5-12(14)6-10(13)3/h5-6,8,11,15H,4,7,14H2,1-3H3. The molecule has 1 fully saturated rings. The van der Waals surface area contributed by atoms with Crippen molar-refractivity contribution in [3.8, 4) is 0 Å². The molecule has 1 aromatic rings. The fourth-order valence-electron chi connectivity index (χ4n) is 2.38. The van der Waals surface area contributed by atoms with E-state index in [1.165, 1.54) is 0 Å². The van der Waals surface area contributed by atoms with E-state index in [1.807, 2.05) is 0 Å². The third-order valence-electron chi connectivity index (χ3n) is 3.56. The second kappa shape index (κ2) is 4.55. The van der Waals surface area contributed by atoms with Gasteiger partial charge in [-0.2, -0.15) is 0 Å². The fourth-order valence-corrected chi connectivity index (χ4v) is 3.92. The Kier molecular flexibility index (Phi) is 3.38. The van der Waals surface area contributed by atoms with Crippen molar-refractivity contribution in [2.24, 2.45) is 11.8 Å². The quantitative estimate of drug-likeness (QED) is 0.818. The highest BCUT2D eigenvalue weighted by molar-refractivity contribution is 7.89. The van der Waals surface area contributed by atoms with Crippen molar-refractivity contribution < 1.29 is 8.42 Å². The Morgan fingerprint density at radius 1 is 1.33 bits per heavy atom. The molecule has 1 aliphatic rings. The van der Waals surface area contributed by atoms with Gasteiger partial charge in [-0.05, 0) is 55.4 Å². The van der Waals surface area contributed by atoms with Gasteiger partial charge in [0.25, 0.3) is 0 Å². The Hall–Kier alpha value is -1.07. The molecule has 1 aliphatic carbocycles. The van der Waals surface area contributed by atoms with Gasteiger partial charge in [0.2, 0.25) is 10.0 Å². The van der Waals surface area contributed by atoms with Gasteiger partial charge in [-0.1, -0.05) is 6.92 Å². The Morgan fingerprint density at radius 3 is 2.28 bits per heavy atom. The van der Waals surface area contributed by atoms with E-state index in [9.17, 15) is 8.42 Å². The number of aryl methyl sites for hydroxylation is 2. The van der Waals surface area contributed by atoms with Crippen LogP contribution in [0.3, 0.4) is 0 Å². The molecule has 0 aromatic heterocycles. The van der Waals surface area contributed by atoms with Crippen molar-refractivity contribution in [1.82, 2.24) is 4.72 Å².